The van der Waals surface area contributed by atoms with Gasteiger partial charge >= 0.3 is 12.1 Å². The Morgan fingerprint density at radius 3 is 2.54 bits per heavy atom. The molecular weight excluding hydrogens is 330 g/mol. The number of amides is 1. The molecule has 140 valence electrons. The normalized spacial score (nSPS) is 11.5. The largest absolute Gasteiger partial charge is 0.446 e. The molecule has 0 aliphatic carbocycles. The number of rotatable bonds is 7. The van der Waals surface area contributed by atoms with Crippen molar-refractivity contribution in [3.8, 4) is 11.8 Å². The van der Waals surface area contributed by atoms with E-state index >= 15 is 0 Å². The number of benzene rings is 1. The molecule has 1 aromatic carbocycles. The summed E-state index contributed by atoms with van der Waals surface area (Å²) in [6, 6.07) is 8.80. The maximum Gasteiger partial charge on any atom is 0.407 e. The highest BCUT2D eigenvalue weighted by Crippen LogP contribution is 2.10. The second kappa shape index (κ2) is 11.0. The van der Waals surface area contributed by atoms with Gasteiger partial charge in [-0.1, -0.05) is 36.6 Å². The highest BCUT2D eigenvalue weighted by Gasteiger charge is 2.16. The highest BCUT2D eigenvalue weighted by molar-refractivity contribution is 5.89. The molecule has 0 aliphatic rings. The van der Waals surface area contributed by atoms with E-state index in [-0.39, 0.29) is 0 Å². The van der Waals surface area contributed by atoms with Gasteiger partial charge in [0.05, 0.1) is 5.56 Å². The van der Waals surface area contributed by atoms with Crippen molar-refractivity contribution in [3.63, 3.8) is 0 Å². The molecule has 0 aliphatic heterocycles. The Morgan fingerprint density at radius 1 is 1.23 bits per heavy atom. The van der Waals surface area contributed by atoms with Crippen LogP contribution in [0.1, 0.15) is 50.4 Å². The monoisotopic (exact) mass is 357 g/mol. The van der Waals surface area contributed by atoms with Crippen molar-refractivity contribution in [1.29, 1.82) is 0 Å². The molecule has 1 amide bonds. The van der Waals surface area contributed by atoms with Gasteiger partial charge in [0.1, 0.15) is 5.60 Å². The minimum absolute atomic E-state index is 0.402. The van der Waals surface area contributed by atoms with Crippen LogP contribution in [0.4, 0.5) is 4.79 Å². The zero-order valence-corrected chi connectivity index (χ0v) is 15.7. The summed E-state index contributed by atoms with van der Waals surface area (Å²) in [5.74, 6) is 5.21. The number of allylic oxidation sites excluding steroid dienone is 1. The van der Waals surface area contributed by atoms with E-state index in [9.17, 15) is 9.59 Å². The van der Waals surface area contributed by atoms with Gasteiger partial charge < -0.3 is 14.8 Å². The molecule has 5 heteroatoms. The van der Waals surface area contributed by atoms with Crippen molar-refractivity contribution in [3.05, 3.63) is 48.6 Å². The third kappa shape index (κ3) is 9.53. The summed E-state index contributed by atoms with van der Waals surface area (Å²) >= 11 is 0. The van der Waals surface area contributed by atoms with Crippen LogP contribution >= 0.6 is 0 Å². The molecule has 5 nitrogen and oxygen atoms in total. The van der Waals surface area contributed by atoms with Gasteiger partial charge in [-0.3, -0.25) is 0 Å². The van der Waals surface area contributed by atoms with Crippen molar-refractivity contribution >= 4 is 12.1 Å². The van der Waals surface area contributed by atoms with Crippen LogP contribution in [0, 0.1) is 11.8 Å². The molecule has 0 fully saturated rings. The Hall–Kier alpha value is -2.74. The van der Waals surface area contributed by atoms with Gasteiger partial charge in [-0.05, 0) is 58.2 Å². The van der Waals surface area contributed by atoms with Crippen LogP contribution < -0.4 is 5.32 Å². The van der Waals surface area contributed by atoms with E-state index in [1.165, 1.54) is 6.08 Å². The smallest absolute Gasteiger partial charge is 0.407 e. The zero-order chi connectivity index (χ0) is 19.4. The lowest BCUT2D eigenvalue weighted by molar-refractivity contribution is 0.0393. The van der Waals surface area contributed by atoms with Gasteiger partial charge in [0.15, 0.2) is 6.10 Å². The molecule has 0 aromatic heterocycles. The number of hydrogen-bond acceptors (Lipinski definition) is 4. The molecule has 1 aromatic rings. The molecule has 0 saturated carbocycles. The maximum absolute atomic E-state index is 12.1. The number of hydrogen-bond donors (Lipinski definition) is 1. The van der Waals surface area contributed by atoms with Crippen LogP contribution in [-0.4, -0.2) is 30.3 Å². The van der Waals surface area contributed by atoms with Gasteiger partial charge in [0.25, 0.3) is 0 Å². The molecule has 1 rings (SSSR count). The predicted molar refractivity (Wildman–Crippen MR) is 102 cm³/mol. The van der Waals surface area contributed by atoms with Crippen molar-refractivity contribution in [2.75, 3.05) is 6.54 Å². The van der Waals surface area contributed by atoms with Crippen molar-refractivity contribution in [1.82, 2.24) is 5.32 Å². The van der Waals surface area contributed by atoms with E-state index in [1.54, 1.807) is 24.3 Å². The molecular formula is C21H27NO4. The van der Waals surface area contributed by atoms with E-state index < -0.39 is 23.8 Å². The summed E-state index contributed by atoms with van der Waals surface area (Å²) < 4.78 is 10.6. The Morgan fingerprint density at radius 2 is 1.92 bits per heavy atom. The quantitative estimate of drug-likeness (QED) is 0.453. The number of carbonyl (C=O) groups excluding carboxylic acids is 2. The van der Waals surface area contributed by atoms with E-state index in [0.29, 0.717) is 18.5 Å². The second-order valence-corrected chi connectivity index (χ2v) is 6.68. The fourth-order valence-corrected chi connectivity index (χ4v) is 2.04. The third-order valence-electron chi connectivity index (χ3n) is 3.17. The SMILES string of the molecule is C=CC#CC(CCCCNC(=O)OC(C)(C)C)OC(=O)c1ccccc1. The fourth-order valence-electron chi connectivity index (χ4n) is 2.04. The van der Waals surface area contributed by atoms with E-state index in [4.69, 9.17) is 9.47 Å². The topological polar surface area (TPSA) is 64.6 Å². The maximum atomic E-state index is 12.1. The standard InChI is InChI=1S/C21H27NO4/c1-5-6-14-18(25-19(23)17-12-8-7-9-13-17)15-10-11-16-22-20(24)26-21(2,3)4/h5,7-9,12-13,18H,1,10-11,15-16H2,2-4H3,(H,22,24). The van der Waals surface area contributed by atoms with Crippen LogP contribution in [0.3, 0.4) is 0 Å². The molecule has 0 spiro atoms. The summed E-state index contributed by atoms with van der Waals surface area (Å²) in [6.45, 7) is 9.49. The van der Waals surface area contributed by atoms with Crippen LogP contribution in [0.15, 0.2) is 43.0 Å². The minimum atomic E-state index is -0.513. The van der Waals surface area contributed by atoms with Crippen LogP contribution in [0.25, 0.3) is 0 Å². The molecule has 0 bridgehead atoms. The molecule has 0 saturated heterocycles. The van der Waals surface area contributed by atoms with Gasteiger partial charge in [0.2, 0.25) is 0 Å². The van der Waals surface area contributed by atoms with Crippen LogP contribution in [-0.2, 0) is 9.47 Å². The molecule has 0 heterocycles. The van der Waals surface area contributed by atoms with Crippen molar-refractivity contribution in [2.24, 2.45) is 0 Å². The number of unbranched alkanes of at least 4 members (excludes halogenated alkanes) is 1. The number of ether oxygens (including phenoxy) is 2. The van der Waals surface area contributed by atoms with Crippen molar-refractivity contribution in [2.45, 2.75) is 51.7 Å². The Labute approximate surface area is 155 Å². The summed E-state index contributed by atoms with van der Waals surface area (Å²) in [4.78, 5) is 23.7. The van der Waals surface area contributed by atoms with Gasteiger partial charge in [-0.15, -0.1) is 0 Å². The molecule has 0 radical (unpaired) electrons. The lowest BCUT2D eigenvalue weighted by Gasteiger charge is -2.19. The zero-order valence-electron chi connectivity index (χ0n) is 15.7. The number of carbonyl (C=O) groups is 2. The van der Waals surface area contributed by atoms with E-state index in [2.05, 4.69) is 23.7 Å². The average molecular weight is 357 g/mol. The van der Waals surface area contributed by atoms with Crippen LogP contribution in [0.5, 0.6) is 0 Å². The van der Waals surface area contributed by atoms with Gasteiger partial charge in [-0.2, -0.15) is 0 Å². The average Bonchev–Trinajstić information content (AvgIpc) is 2.58. The number of alkyl carbamates (subject to hydrolysis) is 1. The van der Waals surface area contributed by atoms with Gasteiger partial charge in [0, 0.05) is 6.54 Å². The van der Waals surface area contributed by atoms with E-state index in [1.807, 2.05) is 26.8 Å². The van der Waals surface area contributed by atoms with Crippen LogP contribution in [0.2, 0.25) is 0 Å². The van der Waals surface area contributed by atoms with Crippen molar-refractivity contribution < 1.29 is 19.1 Å². The molecule has 1 atom stereocenters. The second-order valence-electron chi connectivity index (χ2n) is 6.68. The molecule has 1 unspecified atom stereocenters. The minimum Gasteiger partial charge on any atom is -0.446 e. The molecule has 1 N–H and O–H groups in total. The Balaban J connectivity index is 2.40. The fraction of sp³-hybridized carbons (Fsp3) is 0.429. The van der Waals surface area contributed by atoms with Gasteiger partial charge in [-0.25, -0.2) is 9.59 Å². The number of esters is 1. The lowest BCUT2D eigenvalue weighted by Crippen LogP contribution is -2.33. The Kier molecular flexibility index (Phi) is 9.00. The lowest BCUT2D eigenvalue weighted by atomic mass is 10.1. The first-order valence-electron chi connectivity index (χ1n) is 8.66. The molecule has 26 heavy (non-hydrogen) atoms. The highest BCUT2D eigenvalue weighted by atomic mass is 16.6. The first-order valence-corrected chi connectivity index (χ1v) is 8.66. The predicted octanol–water partition coefficient (Wildman–Crippen LogP) is 4.10. The first kappa shape index (κ1) is 21.3. The summed E-state index contributed by atoms with van der Waals surface area (Å²) in [6.07, 6.45) is 2.57. The summed E-state index contributed by atoms with van der Waals surface area (Å²) in [5.41, 5.74) is -0.0225. The summed E-state index contributed by atoms with van der Waals surface area (Å²) in [5, 5.41) is 2.70. The first-order chi connectivity index (χ1) is 12.3. The van der Waals surface area contributed by atoms with E-state index in [0.717, 1.165) is 12.8 Å². The Bertz CT molecular complexity index is 650. The number of nitrogens with one attached hydrogen (secondary N) is 1. The summed E-state index contributed by atoms with van der Waals surface area (Å²) in [7, 11) is 0. The third-order valence-corrected chi connectivity index (χ3v) is 3.17.